The molecular formula is C9H15NO3S. The van der Waals surface area contributed by atoms with Gasteiger partial charge in [-0.3, -0.25) is 4.79 Å². The van der Waals surface area contributed by atoms with Gasteiger partial charge in [0.05, 0.1) is 0 Å². The van der Waals surface area contributed by atoms with E-state index in [4.69, 9.17) is 5.11 Å². The molecule has 0 bridgehead atoms. The maximum atomic E-state index is 11.1. The lowest BCUT2D eigenvalue weighted by molar-refractivity contribution is -0.141. The molecule has 0 aromatic rings. The topological polar surface area (TPSA) is 66.4 Å². The molecule has 4 nitrogen and oxygen atoms in total. The van der Waals surface area contributed by atoms with E-state index < -0.39 is 12.0 Å². The van der Waals surface area contributed by atoms with E-state index in [0.717, 1.165) is 6.42 Å². The number of carboxylic acid groups (broad SMARTS) is 1. The van der Waals surface area contributed by atoms with Crippen molar-refractivity contribution in [3.8, 4) is 0 Å². The molecule has 0 rings (SSSR count). The third-order valence-corrected chi connectivity index (χ3v) is 1.96. The normalized spacial score (nSPS) is 12.7. The lowest BCUT2D eigenvalue weighted by Crippen LogP contribution is -2.39. The number of carboxylic acids is 1. The van der Waals surface area contributed by atoms with Gasteiger partial charge in [0.25, 0.3) is 0 Å². The summed E-state index contributed by atoms with van der Waals surface area (Å²) >= 11 is 1.39. The van der Waals surface area contributed by atoms with Crippen LogP contribution in [0.25, 0.3) is 0 Å². The summed E-state index contributed by atoms with van der Waals surface area (Å²) in [6.07, 6.45) is 4.33. The molecule has 0 aliphatic heterocycles. The van der Waals surface area contributed by atoms with Crippen molar-refractivity contribution in [2.24, 2.45) is 0 Å². The first-order valence-corrected chi connectivity index (χ1v) is 5.63. The molecule has 0 aliphatic carbocycles. The first-order chi connectivity index (χ1) is 6.61. The number of amides is 1. The highest BCUT2D eigenvalue weighted by Crippen LogP contribution is 1.98. The molecule has 0 fully saturated rings. The van der Waals surface area contributed by atoms with Crippen LogP contribution in [0.1, 0.15) is 19.8 Å². The number of thioether (sulfide) groups is 1. The molecule has 5 heteroatoms. The summed E-state index contributed by atoms with van der Waals surface area (Å²) in [6, 6.07) is -0.779. The molecule has 0 aliphatic rings. The molecule has 0 heterocycles. The zero-order valence-corrected chi connectivity index (χ0v) is 9.13. The number of carbonyl (C=O) groups is 2. The highest BCUT2D eigenvalue weighted by atomic mass is 32.2. The summed E-state index contributed by atoms with van der Waals surface area (Å²) < 4.78 is 0. The third kappa shape index (κ3) is 5.64. The maximum absolute atomic E-state index is 11.1. The standard InChI is InChI=1S/C9H15NO3S/c1-3-4-7(9(12)13)10-8(11)5-6-14-2/h5-7H,3-4H2,1-2H3,(H,10,11)(H,12,13)/b6-5+. The maximum Gasteiger partial charge on any atom is 0.326 e. The van der Waals surface area contributed by atoms with E-state index in [2.05, 4.69) is 5.32 Å². The number of aliphatic carboxylic acids is 1. The van der Waals surface area contributed by atoms with Gasteiger partial charge < -0.3 is 10.4 Å². The number of hydrogen-bond acceptors (Lipinski definition) is 3. The zero-order valence-electron chi connectivity index (χ0n) is 8.32. The summed E-state index contributed by atoms with van der Waals surface area (Å²) in [5.74, 6) is -1.35. The van der Waals surface area contributed by atoms with Crippen molar-refractivity contribution in [3.05, 3.63) is 11.5 Å². The monoisotopic (exact) mass is 217 g/mol. The lowest BCUT2D eigenvalue weighted by Gasteiger charge is -2.11. The number of carbonyl (C=O) groups excluding carboxylic acids is 1. The minimum atomic E-state index is -0.988. The number of hydrogen-bond donors (Lipinski definition) is 2. The van der Waals surface area contributed by atoms with Crippen molar-refractivity contribution in [1.29, 1.82) is 0 Å². The molecule has 0 aromatic heterocycles. The van der Waals surface area contributed by atoms with E-state index in [9.17, 15) is 9.59 Å². The fraction of sp³-hybridized carbons (Fsp3) is 0.556. The highest BCUT2D eigenvalue weighted by molar-refractivity contribution is 8.01. The molecular weight excluding hydrogens is 202 g/mol. The molecule has 1 unspecified atom stereocenters. The van der Waals surface area contributed by atoms with Crippen LogP contribution in [-0.4, -0.2) is 29.3 Å². The van der Waals surface area contributed by atoms with Crippen molar-refractivity contribution < 1.29 is 14.7 Å². The lowest BCUT2D eigenvalue weighted by atomic mass is 10.2. The van der Waals surface area contributed by atoms with E-state index in [0.29, 0.717) is 6.42 Å². The van der Waals surface area contributed by atoms with E-state index >= 15 is 0 Å². The number of rotatable bonds is 6. The van der Waals surface area contributed by atoms with Crippen LogP contribution in [-0.2, 0) is 9.59 Å². The highest BCUT2D eigenvalue weighted by Gasteiger charge is 2.16. The summed E-state index contributed by atoms with van der Waals surface area (Å²) in [6.45, 7) is 1.87. The predicted molar refractivity (Wildman–Crippen MR) is 57.1 cm³/mol. The van der Waals surface area contributed by atoms with Gasteiger partial charge in [0.1, 0.15) is 6.04 Å². The molecule has 1 amide bonds. The van der Waals surface area contributed by atoms with Crippen LogP contribution in [0.2, 0.25) is 0 Å². The average Bonchev–Trinajstić information content (AvgIpc) is 2.14. The first-order valence-electron chi connectivity index (χ1n) is 4.34. The Bertz CT molecular complexity index is 228. The quantitative estimate of drug-likeness (QED) is 0.657. The van der Waals surface area contributed by atoms with Crippen LogP contribution in [0, 0.1) is 0 Å². The molecule has 0 aromatic carbocycles. The Morgan fingerprint density at radius 3 is 2.64 bits per heavy atom. The predicted octanol–water partition coefficient (Wildman–Crippen LogP) is 1.23. The average molecular weight is 217 g/mol. The van der Waals surface area contributed by atoms with Crippen molar-refractivity contribution in [1.82, 2.24) is 5.32 Å². The summed E-state index contributed by atoms with van der Waals surface area (Å²) in [7, 11) is 0. The molecule has 80 valence electrons. The fourth-order valence-electron chi connectivity index (χ4n) is 0.896. The van der Waals surface area contributed by atoms with Gasteiger partial charge >= 0.3 is 5.97 Å². The number of nitrogens with one attached hydrogen (secondary N) is 1. The first kappa shape index (κ1) is 13.0. The van der Waals surface area contributed by atoms with E-state index in [-0.39, 0.29) is 5.91 Å². The summed E-state index contributed by atoms with van der Waals surface area (Å²) in [5.41, 5.74) is 0. The summed E-state index contributed by atoms with van der Waals surface area (Å²) in [4.78, 5) is 21.8. The second-order valence-electron chi connectivity index (χ2n) is 2.73. The molecule has 0 saturated carbocycles. The zero-order chi connectivity index (χ0) is 11.0. The molecule has 0 radical (unpaired) electrons. The van der Waals surface area contributed by atoms with E-state index in [1.807, 2.05) is 13.2 Å². The van der Waals surface area contributed by atoms with Crippen LogP contribution >= 0.6 is 11.8 Å². The Kier molecular flexibility index (Phi) is 6.92. The van der Waals surface area contributed by atoms with Gasteiger partial charge in [0, 0.05) is 6.08 Å². The van der Waals surface area contributed by atoms with Crippen molar-refractivity contribution in [2.45, 2.75) is 25.8 Å². The SMILES string of the molecule is CCCC(NC(=O)/C=C/SC)C(=O)O. The minimum Gasteiger partial charge on any atom is -0.480 e. The summed E-state index contributed by atoms with van der Waals surface area (Å²) in [5, 5.41) is 12.8. The third-order valence-electron chi connectivity index (χ3n) is 1.55. The van der Waals surface area contributed by atoms with Gasteiger partial charge in [-0.25, -0.2) is 4.79 Å². The molecule has 14 heavy (non-hydrogen) atoms. The van der Waals surface area contributed by atoms with Crippen LogP contribution in [0.15, 0.2) is 11.5 Å². The van der Waals surface area contributed by atoms with Crippen molar-refractivity contribution in [2.75, 3.05) is 6.26 Å². The van der Waals surface area contributed by atoms with Crippen LogP contribution in [0.5, 0.6) is 0 Å². The molecule has 0 saturated heterocycles. The smallest absolute Gasteiger partial charge is 0.326 e. The fourth-order valence-corrected chi connectivity index (χ4v) is 1.16. The van der Waals surface area contributed by atoms with E-state index in [1.54, 1.807) is 5.41 Å². The molecule has 1 atom stereocenters. The minimum absolute atomic E-state index is 0.361. The molecule has 0 spiro atoms. The Hall–Kier alpha value is -0.970. The van der Waals surface area contributed by atoms with Gasteiger partial charge in [-0.15, -0.1) is 11.8 Å². The van der Waals surface area contributed by atoms with Gasteiger partial charge in [0.2, 0.25) is 5.91 Å². The Labute approximate surface area is 87.8 Å². The van der Waals surface area contributed by atoms with Crippen LogP contribution in [0.3, 0.4) is 0 Å². The molecule has 2 N–H and O–H groups in total. The van der Waals surface area contributed by atoms with Gasteiger partial charge in [0.15, 0.2) is 0 Å². The Balaban J connectivity index is 4.09. The van der Waals surface area contributed by atoms with Gasteiger partial charge in [-0.05, 0) is 18.1 Å². The van der Waals surface area contributed by atoms with Crippen LogP contribution < -0.4 is 5.32 Å². The largest absolute Gasteiger partial charge is 0.480 e. The van der Waals surface area contributed by atoms with Crippen molar-refractivity contribution in [3.63, 3.8) is 0 Å². The Morgan fingerprint density at radius 1 is 1.57 bits per heavy atom. The second-order valence-corrected chi connectivity index (χ2v) is 3.47. The second kappa shape index (κ2) is 7.44. The van der Waals surface area contributed by atoms with Crippen molar-refractivity contribution >= 4 is 23.6 Å². The van der Waals surface area contributed by atoms with Crippen LogP contribution in [0.4, 0.5) is 0 Å². The Morgan fingerprint density at radius 2 is 2.21 bits per heavy atom. The van der Waals surface area contributed by atoms with Gasteiger partial charge in [-0.1, -0.05) is 13.3 Å². The van der Waals surface area contributed by atoms with Gasteiger partial charge in [-0.2, -0.15) is 0 Å². The van der Waals surface area contributed by atoms with E-state index in [1.165, 1.54) is 17.8 Å².